The Balaban J connectivity index is 2.33. The van der Waals surface area contributed by atoms with Crippen molar-refractivity contribution in [2.75, 3.05) is 14.2 Å². The van der Waals surface area contributed by atoms with Gasteiger partial charge in [-0.2, -0.15) is 0 Å². The van der Waals surface area contributed by atoms with E-state index in [1.807, 2.05) is 24.3 Å². The third kappa shape index (κ3) is 4.43. The smallest absolute Gasteiger partial charge is 0.150 e. The molecular weight excluding hydrogens is 304 g/mol. The summed E-state index contributed by atoms with van der Waals surface area (Å²) in [5, 5.41) is 0. The van der Waals surface area contributed by atoms with Gasteiger partial charge < -0.3 is 9.47 Å². The van der Waals surface area contributed by atoms with Crippen molar-refractivity contribution in [3.63, 3.8) is 0 Å². The molecule has 0 spiro atoms. The van der Waals surface area contributed by atoms with Crippen LogP contribution in [-0.2, 0) is 9.59 Å². The van der Waals surface area contributed by atoms with E-state index in [1.54, 1.807) is 50.6 Å². The predicted molar refractivity (Wildman–Crippen MR) is 94.1 cm³/mol. The molecule has 122 valence electrons. The van der Waals surface area contributed by atoms with Gasteiger partial charge in [0.1, 0.15) is 11.5 Å². The quantitative estimate of drug-likeness (QED) is 0.444. The van der Waals surface area contributed by atoms with Crippen molar-refractivity contribution in [3.05, 3.63) is 70.8 Å². The predicted octanol–water partition coefficient (Wildman–Crippen LogP) is 3.57. The molecule has 0 radical (unpaired) electrons. The van der Waals surface area contributed by atoms with Crippen LogP contribution in [0.25, 0.3) is 12.2 Å². The molecule has 0 bridgehead atoms. The van der Waals surface area contributed by atoms with Gasteiger partial charge in [-0.3, -0.25) is 9.59 Å². The van der Waals surface area contributed by atoms with Crippen LogP contribution < -0.4 is 9.47 Å². The summed E-state index contributed by atoms with van der Waals surface area (Å²) in [6, 6.07) is 14.4. The summed E-state index contributed by atoms with van der Waals surface area (Å²) in [6.45, 7) is 0. The Morgan fingerprint density at radius 3 is 1.25 bits per heavy atom. The summed E-state index contributed by atoms with van der Waals surface area (Å²) in [4.78, 5) is 22.8. The summed E-state index contributed by atoms with van der Waals surface area (Å²) in [5.41, 5.74) is 2.23. The first-order valence-corrected chi connectivity index (χ1v) is 7.32. The normalized spacial score (nSPS) is 11.8. The van der Waals surface area contributed by atoms with Gasteiger partial charge in [0.15, 0.2) is 12.6 Å². The van der Waals surface area contributed by atoms with E-state index < -0.39 is 0 Å². The molecule has 2 aromatic rings. The second-order valence-electron chi connectivity index (χ2n) is 4.98. The number of allylic oxidation sites excluding steroid dienone is 2. The van der Waals surface area contributed by atoms with Gasteiger partial charge in [-0.15, -0.1) is 0 Å². The Bertz CT molecular complexity index is 686. The monoisotopic (exact) mass is 322 g/mol. The molecule has 0 aliphatic carbocycles. The van der Waals surface area contributed by atoms with Gasteiger partial charge >= 0.3 is 0 Å². The van der Waals surface area contributed by atoms with Crippen LogP contribution >= 0.6 is 0 Å². The summed E-state index contributed by atoms with van der Waals surface area (Å²) in [6.07, 6.45) is 4.67. The molecule has 4 heteroatoms. The molecular formula is C20H18O4. The average molecular weight is 322 g/mol. The molecule has 4 nitrogen and oxygen atoms in total. The van der Waals surface area contributed by atoms with Gasteiger partial charge in [0.25, 0.3) is 0 Å². The lowest BCUT2D eigenvalue weighted by molar-refractivity contribution is -0.107. The molecule has 0 unspecified atom stereocenters. The fourth-order valence-electron chi connectivity index (χ4n) is 2.13. The molecule has 0 atom stereocenters. The van der Waals surface area contributed by atoms with Crippen LogP contribution in [0.2, 0.25) is 0 Å². The van der Waals surface area contributed by atoms with E-state index >= 15 is 0 Å². The number of hydrogen-bond donors (Lipinski definition) is 0. The zero-order valence-electron chi connectivity index (χ0n) is 13.6. The Labute approximate surface area is 141 Å². The standard InChI is InChI=1S/C20H18O4/c1-23-19-7-3-15(4-8-19)11-17(13-21)18(14-22)12-16-5-9-20(24-2)10-6-16/h3-14H,1-2H3. The van der Waals surface area contributed by atoms with E-state index in [9.17, 15) is 9.59 Å². The Kier molecular flexibility index (Phi) is 6.08. The van der Waals surface area contributed by atoms with E-state index in [1.165, 1.54) is 0 Å². The maximum atomic E-state index is 11.4. The molecule has 2 aromatic carbocycles. The number of carbonyl (C=O) groups is 2. The third-order valence-electron chi connectivity index (χ3n) is 3.46. The van der Waals surface area contributed by atoms with Crippen molar-refractivity contribution >= 4 is 24.7 Å². The maximum Gasteiger partial charge on any atom is 0.150 e. The molecule has 0 saturated carbocycles. The van der Waals surface area contributed by atoms with E-state index in [2.05, 4.69) is 0 Å². The number of rotatable bonds is 7. The van der Waals surface area contributed by atoms with Crippen LogP contribution in [0, 0.1) is 0 Å². The first-order chi connectivity index (χ1) is 11.7. The van der Waals surface area contributed by atoms with Gasteiger partial charge in [0, 0.05) is 11.1 Å². The molecule has 0 heterocycles. The van der Waals surface area contributed by atoms with Crippen molar-refractivity contribution in [3.8, 4) is 11.5 Å². The van der Waals surface area contributed by atoms with E-state index in [0.717, 1.165) is 22.6 Å². The van der Waals surface area contributed by atoms with Crippen molar-refractivity contribution in [2.24, 2.45) is 0 Å². The van der Waals surface area contributed by atoms with Gasteiger partial charge in [0.2, 0.25) is 0 Å². The highest BCUT2D eigenvalue weighted by molar-refractivity contribution is 6.02. The van der Waals surface area contributed by atoms with Crippen LogP contribution in [0.15, 0.2) is 59.7 Å². The number of methoxy groups -OCH3 is 2. The SMILES string of the molecule is COc1ccc(C=C(C=O)C(C=O)=Cc2ccc(OC)cc2)cc1. The fraction of sp³-hybridized carbons (Fsp3) is 0.100. The molecule has 0 aliphatic rings. The van der Waals surface area contributed by atoms with Crippen LogP contribution in [-0.4, -0.2) is 26.8 Å². The average Bonchev–Trinajstić information content (AvgIpc) is 2.65. The zero-order chi connectivity index (χ0) is 17.4. The van der Waals surface area contributed by atoms with Crippen LogP contribution in [0.1, 0.15) is 11.1 Å². The minimum atomic E-state index is 0.311. The maximum absolute atomic E-state index is 11.4. The van der Waals surface area contributed by atoms with Gasteiger partial charge in [-0.05, 0) is 47.5 Å². The number of aldehydes is 2. The van der Waals surface area contributed by atoms with E-state index in [0.29, 0.717) is 23.7 Å². The summed E-state index contributed by atoms with van der Waals surface area (Å²) in [7, 11) is 3.17. The number of carbonyl (C=O) groups excluding carboxylic acids is 2. The Hall–Kier alpha value is -3.14. The van der Waals surface area contributed by atoms with Crippen LogP contribution in [0.4, 0.5) is 0 Å². The first-order valence-electron chi connectivity index (χ1n) is 7.32. The van der Waals surface area contributed by atoms with Gasteiger partial charge in [-0.1, -0.05) is 24.3 Å². The summed E-state index contributed by atoms with van der Waals surface area (Å²) in [5.74, 6) is 1.45. The molecule has 0 fully saturated rings. The second-order valence-corrected chi connectivity index (χ2v) is 4.98. The highest BCUT2D eigenvalue weighted by Gasteiger charge is 2.05. The lowest BCUT2D eigenvalue weighted by Crippen LogP contribution is -1.94. The van der Waals surface area contributed by atoms with Crippen LogP contribution in [0.3, 0.4) is 0 Å². The van der Waals surface area contributed by atoms with Gasteiger partial charge in [-0.25, -0.2) is 0 Å². The van der Waals surface area contributed by atoms with Gasteiger partial charge in [0.05, 0.1) is 14.2 Å². The number of benzene rings is 2. The van der Waals surface area contributed by atoms with Crippen molar-refractivity contribution in [2.45, 2.75) is 0 Å². The summed E-state index contributed by atoms with van der Waals surface area (Å²) < 4.78 is 10.2. The lowest BCUT2D eigenvalue weighted by Gasteiger charge is -2.03. The number of ether oxygens (including phenoxy) is 2. The molecule has 0 N–H and O–H groups in total. The Morgan fingerprint density at radius 1 is 0.667 bits per heavy atom. The Morgan fingerprint density at radius 2 is 1.00 bits per heavy atom. The van der Waals surface area contributed by atoms with Crippen molar-refractivity contribution < 1.29 is 19.1 Å². The lowest BCUT2D eigenvalue weighted by atomic mass is 10.0. The largest absolute Gasteiger partial charge is 0.497 e. The van der Waals surface area contributed by atoms with E-state index in [4.69, 9.17) is 9.47 Å². The molecule has 0 amide bonds. The number of hydrogen-bond acceptors (Lipinski definition) is 4. The summed E-state index contributed by atoms with van der Waals surface area (Å²) >= 11 is 0. The minimum absolute atomic E-state index is 0.311. The highest BCUT2D eigenvalue weighted by atomic mass is 16.5. The molecule has 24 heavy (non-hydrogen) atoms. The zero-order valence-corrected chi connectivity index (χ0v) is 13.6. The van der Waals surface area contributed by atoms with Crippen molar-refractivity contribution in [1.29, 1.82) is 0 Å². The fourth-order valence-corrected chi connectivity index (χ4v) is 2.13. The minimum Gasteiger partial charge on any atom is -0.497 e. The molecule has 0 aliphatic heterocycles. The highest BCUT2D eigenvalue weighted by Crippen LogP contribution is 2.19. The molecule has 0 aromatic heterocycles. The molecule has 2 rings (SSSR count). The molecule has 0 saturated heterocycles. The van der Waals surface area contributed by atoms with E-state index in [-0.39, 0.29) is 0 Å². The topological polar surface area (TPSA) is 52.6 Å². The first kappa shape index (κ1) is 17.2. The second kappa shape index (κ2) is 8.48. The van der Waals surface area contributed by atoms with Crippen molar-refractivity contribution in [1.82, 2.24) is 0 Å². The third-order valence-corrected chi connectivity index (χ3v) is 3.46. The van der Waals surface area contributed by atoms with Crippen LogP contribution in [0.5, 0.6) is 11.5 Å².